The maximum atomic E-state index is 14.1. The van der Waals surface area contributed by atoms with Gasteiger partial charge in [0.1, 0.15) is 6.17 Å². The molecule has 2 heteroatoms. The molecule has 2 saturated carbocycles. The molecule has 3 aliphatic rings. The molecule has 0 aromatic heterocycles. The summed E-state index contributed by atoms with van der Waals surface area (Å²) >= 11 is 0. The molecule has 22 heavy (non-hydrogen) atoms. The monoisotopic (exact) mass is 308 g/mol. The molecule has 126 valence electrons. The molecule has 5 atom stereocenters. The average Bonchev–Trinajstić information content (AvgIpc) is 2.54. The van der Waals surface area contributed by atoms with Crippen molar-refractivity contribution in [2.24, 2.45) is 29.6 Å². The molecular weight excluding hydrogens is 275 g/mol. The first kappa shape index (κ1) is 16.5. The first-order valence-corrected chi connectivity index (χ1v) is 9.57. The molecule has 0 bridgehead atoms. The SMILES string of the molecule is CC1CCC(C2CC=C(C3CCC(O)C(F)C3C)CC2)CC1. The molecule has 0 aromatic rings. The Morgan fingerprint density at radius 2 is 1.68 bits per heavy atom. The zero-order valence-electron chi connectivity index (χ0n) is 14.3. The van der Waals surface area contributed by atoms with Gasteiger partial charge in [-0.1, -0.05) is 38.3 Å². The van der Waals surface area contributed by atoms with Crippen LogP contribution >= 0.6 is 0 Å². The summed E-state index contributed by atoms with van der Waals surface area (Å²) in [6.07, 6.45) is 11.7. The molecule has 3 rings (SSSR count). The lowest BCUT2D eigenvalue weighted by molar-refractivity contribution is -0.00639. The highest BCUT2D eigenvalue weighted by atomic mass is 19.1. The van der Waals surface area contributed by atoms with E-state index in [0.29, 0.717) is 12.3 Å². The summed E-state index contributed by atoms with van der Waals surface area (Å²) < 4.78 is 14.1. The zero-order valence-corrected chi connectivity index (χ0v) is 14.3. The van der Waals surface area contributed by atoms with Crippen LogP contribution in [-0.4, -0.2) is 17.4 Å². The molecule has 0 aromatic carbocycles. The number of alkyl halides is 1. The third-order valence-electron chi connectivity index (χ3n) is 6.97. The molecule has 1 nitrogen and oxygen atoms in total. The quantitative estimate of drug-likeness (QED) is 0.688. The Labute approximate surface area is 135 Å². The van der Waals surface area contributed by atoms with Crippen LogP contribution in [0, 0.1) is 29.6 Å². The minimum Gasteiger partial charge on any atom is -0.390 e. The van der Waals surface area contributed by atoms with E-state index in [9.17, 15) is 9.50 Å². The number of aliphatic hydroxyl groups excluding tert-OH is 1. The Balaban J connectivity index is 1.57. The van der Waals surface area contributed by atoms with Crippen LogP contribution in [0.2, 0.25) is 0 Å². The van der Waals surface area contributed by atoms with E-state index in [-0.39, 0.29) is 5.92 Å². The Hall–Kier alpha value is -0.370. The third-order valence-corrected chi connectivity index (χ3v) is 6.97. The van der Waals surface area contributed by atoms with Gasteiger partial charge in [0.25, 0.3) is 0 Å². The van der Waals surface area contributed by atoms with Crippen LogP contribution in [0.5, 0.6) is 0 Å². The molecule has 0 aliphatic heterocycles. The lowest BCUT2D eigenvalue weighted by Gasteiger charge is -2.40. The summed E-state index contributed by atoms with van der Waals surface area (Å²) in [4.78, 5) is 0. The van der Waals surface area contributed by atoms with Crippen molar-refractivity contribution in [3.63, 3.8) is 0 Å². The van der Waals surface area contributed by atoms with Crippen LogP contribution in [0.4, 0.5) is 4.39 Å². The van der Waals surface area contributed by atoms with Gasteiger partial charge in [-0.05, 0) is 74.5 Å². The Morgan fingerprint density at radius 3 is 2.32 bits per heavy atom. The van der Waals surface area contributed by atoms with Crippen molar-refractivity contribution in [1.82, 2.24) is 0 Å². The summed E-state index contributed by atoms with van der Waals surface area (Å²) in [7, 11) is 0. The number of hydrogen-bond donors (Lipinski definition) is 1. The fraction of sp³-hybridized carbons (Fsp3) is 0.900. The van der Waals surface area contributed by atoms with E-state index < -0.39 is 12.3 Å². The first-order chi connectivity index (χ1) is 10.6. The summed E-state index contributed by atoms with van der Waals surface area (Å²) in [6.45, 7) is 4.38. The van der Waals surface area contributed by atoms with E-state index in [1.165, 1.54) is 50.5 Å². The molecule has 0 spiro atoms. The number of hydrogen-bond acceptors (Lipinski definition) is 1. The van der Waals surface area contributed by atoms with Gasteiger partial charge in [0.05, 0.1) is 6.10 Å². The molecule has 1 N–H and O–H groups in total. The van der Waals surface area contributed by atoms with Gasteiger partial charge in [-0.3, -0.25) is 0 Å². The highest BCUT2D eigenvalue weighted by Crippen LogP contribution is 2.44. The predicted molar refractivity (Wildman–Crippen MR) is 89.3 cm³/mol. The summed E-state index contributed by atoms with van der Waals surface area (Å²) in [5.74, 6) is 3.12. The van der Waals surface area contributed by atoms with E-state index >= 15 is 0 Å². The number of halogens is 1. The molecule has 2 fully saturated rings. The van der Waals surface area contributed by atoms with Crippen LogP contribution < -0.4 is 0 Å². The van der Waals surface area contributed by atoms with Gasteiger partial charge in [0, 0.05) is 0 Å². The van der Waals surface area contributed by atoms with Crippen LogP contribution in [0.3, 0.4) is 0 Å². The van der Waals surface area contributed by atoms with E-state index in [2.05, 4.69) is 13.0 Å². The van der Waals surface area contributed by atoms with Crippen LogP contribution in [0.25, 0.3) is 0 Å². The highest BCUT2D eigenvalue weighted by Gasteiger charge is 2.38. The number of aliphatic hydroxyl groups is 1. The zero-order chi connectivity index (χ0) is 15.7. The summed E-state index contributed by atoms with van der Waals surface area (Å²) in [6, 6.07) is 0. The Kier molecular flexibility index (Phi) is 5.27. The molecule has 0 radical (unpaired) electrons. The minimum atomic E-state index is -1.03. The average molecular weight is 308 g/mol. The summed E-state index contributed by atoms with van der Waals surface area (Å²) in [5.41, 5.74) is 1.50. The topological polar surface area (TPSA) is 20.2 Å². The van der Waals surface area contributed by atoms with E-state index in [4.69, 9.17) is 0 Å². The van der Waals surface area contributed by atoms with Crippen molar-refractivity contribution >= 4 is 0 Å². The van der Waals surface area contributed by atoms with Crippen molar-refractivity contribution in [3.8, 4) is 0 Å². The van der Waals surface area contributed by atoms with Crippen LogP contribution in [0.15, 0.2) is 11.6 Å². The maximum absolute atomic E-state index is 14.1. The van der Waals surface area contributed by atoms with E-state index in [1.807, 2.05) is 6.92 Å². The van der Waals surface area contributed by atoms with Crippen molar-refractivity contribution in [2.45, 2.75) is 83.9 Å². The van der Waals surface area contributed by atoms with E-state index in [0.717, 1.165) is 24.2 Å². The van der Waals surface area contributed by atoms with Crippen molar-refractivity contribution in [1.29, 1.82) is 0 Å². The lowest BCUT2D eigenvalue weighted by Crippen LogP contribution is -2.39. The number of allylic oxidation sites excluding steroid dienone is 2. The Morgan fingerprint density at radius 1 is 0.955 bits per heavy atom. The van der Waals surface area contributed by atoms with Gasteiger partial charge >= 0.3 is 0 Å². The van der Waals surface area contributed by atoms with Gasteiger partial charge in [0.2, 0.25) is 0 Å². The first-order valence-electron chi connectivity index (χ1n) is 9.57. The smallest absolute Gasteiger partial charge is 0.129 e. The second-order valence-corrected chi connectivity index (χ2v) is 8.39. The summed E-state index contributed by atoms with van der Waals surface area (Å²) in [5, 5.41) is 9.70. The minimum absolute atomic E-state index is 0.0120. The molecule has 0 saturated heterocycles. The largest absolute Gasteiger partial charge is 0.390 e. The maximum Gasteiger partial charge on any atom is 0.129 e. The molecule has 3 aliphatic carbocycles. The molecule has 0 amide bonds. The van der Waals surface area contributed by atoms with Gasteiger partial charge < -0.3 is 5.11 Å². The van der Waals surface area contributed by atoms with Crippen LogP contribution in [-0.2, 0) is 0 Å². The third kappa shape index (κ3) is 3.42. The fourth-order valence-electron chi connectivity index (χ4n) is 5.26. The predicted octanol–water partition coefficient (Wildman–Crippen LogP) is 5.28. The second kappa shape index (κ2) is 7.03. The standard InChI is InChI=1S/C20H33FO/c1-13-3-5-15(6-4-13)16-7-9-17(10-8-16)18-11-12-19(22)20(21)14(18)2/h9,13-16,18-20,22H,3-8,10-12H2,1-2H3. The van der Waals surface area contributed by atoms with Gasteiger partial charge in [0.15, 0.2) is 0 Å². The Bertz CT molecular complexity index is 397. The highest BCUT2D eigenvalue weighted by molar-refractivity contribution is 5.14. The number of rotatable bonds is 2. The molecule has 5 unspecified atom stereocenters. The normalized spacial score (nSPS) is 47.1. The molecular formula is C20H33FO. The van der Waals surface area contributed by atoms with Crippen molar-refractivity contribution in [2.75, 3.05) is 0 Å². The fourth-order valence-corrected chi connectivity index (χ4v) is 5.26. The lowest BCUT2D eigenvalue weighted by atomic mass is 9.67. The van der Waals surface area contributed by atoms with Crippen LogP contribution in [0.1, 0.15) is 71.6 Å². The second-order valence-electron chi connectivity index (χ2n) is 8.39. The van der Waals surface area contributed by atoms with E-state index in [1.54, 1.807) is 0 Å². The van der Waals surface area contributed by atoms with Gasteiger partial charge in [-0.25, -0.2) is 4.39 Å². The van der Waals surface area contributed by atoms with Crippen molar-refractivity contribution < 1.29 is 9.50 Å². The van der Waals surface area contributed by atoms with Crippen molar-refractivity contribution in [3.05, 3.63) is 11.6 Å². The van der Waals surface area contributed by atoms with Gasteiger partial charge in [-0.15, -0.1) is 0 Å². The van der Waals surface area contributed by atoms with Gasteiger partial charge in [-0.2, -0.15) is 0 Å². The molecule has 0 heterocycles.